The van der Waals surface area contributed by atoms with Crippen molar-refractivity contribution in [1.82, 2.24) is 15.0 Å². The first-order chi connectivity index (χ1) is 18.3. The van der Waals surface area contributed by atoms with Crippen LogP contribution in [0.25, 0.3) is 0 Å². The van der Waals surface area contributed by atoms with E-state index in [2.05, 4.69) is 30.9 Å². The molecule has 0 aliphatic rings. The van der Waals surface area contributed by atoms with Gasteiger partial charge in [0.2, 0.25) is 17.8 Å². The fourth-order valence-corrected chi connectivity index (χ4v) is 4.38. The minimum absolute atomic E-state index is 0.0233. The molecule has 0 fully saturated rings. The van der Waals surface area contributed by atoms with Crippen LogP contribution in [0.2, 0.25) is 0 Å². The summed E-state index contributed by atoms with van der Waals surface area (Å²) in [5.74, 6) is 0.548. The fourth-order valence-electron chi connectivity index (χ4n) is 3.51. The number of carbonyl (C=O) groups is 2. The van der Waals surface area contributed by atoms with Crippen LogP contribution < -0.4 is 16.0 Å². The van der Waals surface area contributed by atoms with Gasteiger partial charge in [0, 0.05) is 22.6 Å². The summed E-state index contributed by atoms with van der Waals surface area (Å²) in [5.41, 5.74) is 5.21. The normalized spacial score (nSPS) is 11.5. The maximum absolute atomic E-state index is 13.1. The third-order valence-electron chi connectivity index (χ3n) is 5.70. The van der Waals surface area contributed by atoms with E-state index in [0.29, 0.717) is 34.7 Å². The molecule has 4 aromatic rings. The average molecular weight is 527 g/mol. The van der Waals surface area contributed by atoms with E-state index in [4.69, 9.17) is 0 Å². The summed E-state index contributed by atoms with van der Waals surface area (Å²) in [6.07, 6.45) is 0.565. The zero-order valence-corrected chi connectivity index (χ0v) is 22.6. The van der Waals surface area contributed by atoms with Gasteiger partial charge in [0.05, 0.1) is 5.25 Å². The Morgan fingerprint density at radius 1 is 0.737 bits per heavy atom. The van der Waals surface area contributed by atoms with Crippen molar-refractivity contribution in [3.8, 4) is 0 Å². The summed E-state index contributed by atoms with van der Waals surface area (Å²) >= 11 is 1.27. The first-order valence-corrected chi connectivity index (χ1v) is 13.2. The highest BCUT2D eigenvalue weighted by molar-refractivity contribution is 8.00. The number of rotatable bonds is 10. The molecule has 9 heteroatoms. The van der Waals surface area contributed by atoms with E-state index >= 15 is 0 Å². The summed E-state index contributed by atoms with van der Waals surface area (Å²) in [4.78, 5) is 38.3. The molecule has 4 rings (SSSR count). The molecule has 1 amide bonds. The molecule has 0 spiro atoms. The van der Waals surface area contributed by atoms with Crippen LogP contribution in [0.5, 0.6) is 0 Å². The summed E-state index contributed by atoms with van der Waals surface area (Å²) < 4.78 is 0. The van der Waals surface area contributed by atoms with Crippen molar-refractivity contribution in [2.24, 2.45) is 0 Å². The number of hydrogen-bond acceptors (Lipinski definition) is 8. The van der Waals surface area contributed by atoms with E-state index < -0.39 is 5.25 Å². The van der Waals surface area contributed by atoms with Crippen LogP contribution in [-0.2, 0) is 4.79 Å². The molecule has 1 unspecified atom stereocenters. The Kier molecular flexibility index (Phi) is 8.70. The number of benzene rings is 3. The smallest absolute Gasteiger partial charge is 0.237 e. The van der Waals surface area contributed by atoms with Crippen molar-refractivity contribution in [3.05, 3.63) is 89.5 Å². The van der Waals surface area contributed by atoms with Crippen LogP contribution in [-0.4, -0.2) is 31.9 Å². The zero-order valence-electron chi connectivity index (χ0n) is 21.8. The molecule has 1 heterocycles. The van der Waals surface area contributed by atoms with Crippen molar-refractivity contribution in [3.63, 3.8) is 0 Å². The summed E-state index contributed by atoms with van der Waals surface area (Å²) in [6.45, 7) is 7.50. The quantitative estimate of drug-likeness (QED) is 0.155. The second kappa shape index (κ2) is 12.3. The summed E-state index contributed by atoms with van der Waals surface area (Å²) in [6, 6.07) is 22.7. The molecule has 0 saturated carbocycles. The number of aryl methyl sites for hydroxylation is 2. The topological polar surface area (TPSA) is 109 Å². The number of hydrogen-bond donors (Lipinski definition) is 3. The van der Waals surface area contributed by atoms with Crippen LogP contribution in [0.3, 0.4) is 0 Å². The molecule has 0 bridgehead atoms. The monoisotopic (exact) mass is 526 g/mol. The molecule has 0 radical (unpaired) electrons. The van der Waals surface area contributed by atoms with Gasteiger partial charge in [-0.3, -0.25) is 9.59 Å². The van der Waals surface area contributed by atoms with Gasteiger partial charge in [-0.1, -0.05) is 54.1 Å². The molecule has 194 valence electrons. The molecular formula is C29H30N6O2S. The molecule has 3 aromatic carbocycles. The van der Waals surface area contributed by atoms with Gasteiger partial charge in [-0.2, -0.15) is 15.0 Å². The molecule has 38 heavy (non-hydrogen) atoms. The molecule has 8 nitrogen and oxygen atoms in total. The van der Waals surface area contributed by atoms with Crippen LogP contribution >= 0.6 is 11.8 Å². The van der Waals surface area contributed by atoms with E-state index in [1.165, 1.54) is 18.7 Å². The fraction of sp³-hybridized carbons (Fsp3) is 0.207. The Balaban J connectivity index is 1.56. The Labute approximate surface area is 226 Å². The van der Waals surface area contributed by atoms with E-state index in [-0.39, 0.29) is 11.7 Å². The van der Waals surface area contributed by atoms with Gasteiger partial charge in [-0.25, -0.2) is 0 Å². The van der Waals surface area contributed by atoms with E-state index in [1.807, 2.05) is 69.3 Å². The van der Waals surface area contributed by atoms with E-state index in [1.54, 1.807) is 24.3 Å². The van der Waals surface area contributed by atoms with Crippen LogP contribution in [0, 0.1) is 13.8 Å². The van der Waals surface area contributed by atoms with Crippen molar-refractivity contribution in [2.45, 2.75) is 44.5 Å². The number of Topliss-reactive ketones (excluding diaryl/α,β-unsaturated/α-hetero) is 1. The third-order valence-corrected chi connectivity index (χ3v) is 6.93. The lowest BCUT2D eigenvalue weighted by Gasteiger charge is -2.15. The van der Waals surface area contributed by atoms with Crippen molar-refractivity contribution in [1.29, 1.82) is 0 Å². The lowest BCUT2D eigenvalue weighted by molar-refractivity contribution is -0.115. The van der Waals surface area contributed by atoms with Gasteiger partial charge in [0.15, 0.2) is 10.9 Å². The molecule has 1 aromatic heterocycles. The first kappa shape index (κ1) is 26.8. The SMILES string of the molecule is CCC(Sc1nc(Nc2ccc(C)cc2)nc(Nc2ccc(C)cc2)n1)C(=O)Nc1ccc(C(C)=O)cc1. The maximum Gasteiger partial charge on any atom is 0.237 e. The van der Waals surface area contributed by atoms with Gasteiger partial charge in [-0.15, -0.1) is 0 Å². The molecule has 3 N–H and O–H groups in total. The van der Waals surface area contributed by atoms with Gasteiger partial charge >= 0.3 is 0 Å². The minimum atomic E-state index is -0.440. The van der Waals surface area contributed by atoms with Crippen molar-refractivity contribution in [2.75, 3.05) is 16.0 Å². The van der Waals surface area contributed by atoms with Gasteiger partial charge < -0.3 is 16.0 Å². The molecular weight excluding hydrogens is 496 g/mol. The highest BCUT2D eigenvalue weighted by atomic mass is 32.2. The molecule has 0 aliphatic carbocycles. The summed E-state index contributed by atoms with van der Waals surface area (Å²) in [5, 5.41) is 9.38. The van der Waals surface area contributed by atoms with Gasteiger partial charge in [0.1, 0.15) is 0 Å². The molecule has 0 saturated heterocycles. The Bertz CT molecular complexity index is 1340. The number of anilines is 5. The van der Waals surface area contributed by atoms with Crippen molar-refractivity contribution >= 4 is 52.4 Å². The third kappa shape index (κ3) is 7.39. The van der Waals surface area contributed by atoms with Gasteiger partial charge in [0.25, 0.3) is 0 Å². The molecule has 0 aliphatic heterocycles. The van der Waals surface area contributed by atoms with Crippen molar-refractivity contribution < 1.29 is 9.59 Å². The predicted octanol–water partition coefficient (Wildman–Crippen LogP) is 6.69. The second-order valence-electron chi connectivity index (χ2n) is 8.88. The van der Waals surface area contributed by atoms with Crippen LogP contribution in [0.15, 0.2) is 78.0 Å². The summed E-state index contributed by atoms with van der Waals surface area (Å²) in [7, 11) is 0. The van der Waals surface area contributed by atoms with E-state index in [0.717, 1.165) is 22.5 Å². The number of carbonyl (C=O) groups excluding carboxylic acids is 2. The lowest BCUT2D eigenvalue weighted by atomic mass is 10.1. The Morgan fingerprint density at radius 2 is 1.21 bits per heavy atom. The second-order valence-corrected chi connectivity index (χ2v) is 10.1. The lowest BCUT2D eigenvalue weighted by Crippen LogP contribution is -2.25. The van der Waals surface area contributed by atoms with Gasteiger partial charge in [-0.05, 0) is 75.7 Å². The highest BCUT2D eigenvalue weighted by Gasteiger charge is 2.21. The van der Waals surface area contributed by atoms with Crippen LogP contribution in [0.4, 0.5) is 29.0 Å². The largest absolute Gasteiger partial charge is 0.325 e. The number of aromatic nitrogens is 3. The zero-order chi connectivity index (χ0) is 27.1. The average Bonchev–Trinajstić information content (AvgIpc) is 2.90. The maximum atomic E-state index is 13.1. The Morgan fingerprint density at radius 3 is 1.66 bits per heavy atom. The number of nitrogens with one attached hydrogen (secondary N) is 3. The number of nitrogens with zero attached hydrogens (tertiary/aromatic N) is 3. The highest BCUT2D eigenvalue weighted by Crippen LogP contribution is 2.27. The number of ketones is 1. The minimum Gasteiger partial charge on any atom is -0.325 e. The molecule has 1 atom stereocenters. The standard InChI is InChI=1S/C29H30N6O2S/c1-5-25(26(37)30-22-16-10-21(11-17-22)20(4)36)38-29-34-27(31-23-12-6-18(2)7-13-23)33-28(35-29)32-24-14-8-19(3)9-15-24/h6-17,25H,5H2,1-4H3,(H,30,37)(H2,31,32,33,34,35). The van der Waals surface area contributed by atoms with E-state index in [9.17, 15) is 9.59 Å². The Hall–Kier alpha value is -4.24. The number of thioether (sulfide) groups is 1. The predicted molar refractivity (Wildman–Crippen MR) is 154 cm³/mol. The first-order valence-electron chi connectivity index (χ1n) is 12.3. The van der Waals surface area contributed by atoms with Crippen LogP contribution in [0.1, 0.15) is 41.8 Å². The number of amides is 1.